The number of aryl methyl sites for hydroxylation is 4. The van der Waals surface area contributed by atoms with Gasteiger partial charge in [-0.05, 0) is 109 Å². The lowest BCUT2D eigenvalue weighted by Gasteiger charge is -2.40. The lowest BCUT2D eigenvalue weighted by molar-refractivity contribution is 0.425. The number of aromatic hydroxyl groups is 1. The zero-order chi connectivity index (χ0) is 31.5. The summed E-state index contributed by atoms with van der Waals surface area (Å²) in [4.78, 5) is 0. The van der Waals surface area contributed by atoms with Crippen LogP contribution in [0.25, 0.3) is 0 Å². The summed E-state index contributed by atoms with van der Waals surface area (Å²) >= 11 is 0. The van der Waals surface area contributed by atoms with Gasteiger partial charge in [0.15, 0.2) is 0 Å². The van der Waals surface area contributed by atoms with Gasteiger partial charge in [0.2, 0.25) is 0 Å². The molecule has 0 aliphatic carbocycles. The van der Waals surface area contributed by atoms with Gasteiger partial charge in [-0.15, -0.1) is 0 Å². The topological polar surface area (TPSA) is 20.2 Å². The average molecular weight is 583 g/mol. The summed E-state index contributed by atoms with van der Waals surface area (Å²) in [5.41, 5.74) is 10.6. The van der Waals surface area contributed by atoms with Gasteiger partial charge in [-0.25, -0.2) is 0 Å². The number of rotatable bonds is 18. The first kappa shape index (κ1) is 34.9. The monoisotopic (exact) mass is 582 g/mol. The quantitative estimate of drug-likeness (QED) is 0.158. The molecule has 1 N–H and O–H groups in total. The molecule has 3 aromatic rings. The van der Waals surface area contributed by atoms with E-state index in [-0.39, 0.29) is 10.8 Å². The molecule has 2 atom stereocenters. The number of phenols is 1. The highest BCUT2D eigenvalue weighted by Crippen LogP contribution is 2.49. The maximum atomic E-state index is 11.8. The molecule has 0 saturated heterocycles. The van der Waals surface area contributed by atoms with Gasteiger partial charge in [0, 0.05) is 16.4 Å². The molecule has 236 valence electrons. The fourth-order valence-corrected chi connectivity index (χ4v) is 7.20. The van der Waals surface area contributed by atoms with Crippen LogP contribution in [0.1, 0.15) is 164 Å². The molecule has 0 heterocycles. The van der Waals surface area contributed by atoms with Crippen molar-refractivity contribution in [1.82, 2.24) is 0 Å². The Morgan fingerprint density at radius 1 is 0.512 bits per heavy atom. The highest BCUT2D eigenvalue weighted by molar-refractivity contribution is 5.58. The van der Waals surface area contributed by atoms with Crippen molar-refractivity contribution in [2.75, 3.05) is 0 Å². The molecule has 3 rings (SSSR count). The summed E-state index contributed by atoms with van der Waals surface area (Å²) in [7, 11) is 0. The highest BCUT2D eigenvalue weighted by Gasteiger charge is 2.40. The van der Waals surface area contributed by atoms with E-state index in [2.05, 4.69) is 104 Å². The SMILES string of the molecule is CCCCc1ccc(C(C)(CC)c2cccc(O)c2C(C)(CC)c2ccc(CCCC)cc2CCCC)c(CCCC)c1. The lowest BCUT2D eigenvalue weighted by Crippen LogP contribution is -2.33. The molecule has 0 aliphatic heterocycles. The van der Waals surface area contributed by atoms with Crippen LogP contribution in [0.4, 0.5) is 0 Å². The Kier molecular flexibility index (Phi) is 13.4. The standard InChI is InChI=1S/C42H62O/c1-9-15-20-32-26-28-36(34(30-32)22-17-11-3)41(7,13-5)38-24-19-25-39(43)40(38)42(8,14-6)37-29-27-33(21-16-10-2)31-35(37)23-18-12-4/h19,24-31,43H,9-18,20-23H2,1-8H3. The molecule has 3 aromatic carbocycles. The third-order valence-corrected chi connectivity index (χ3v) is 10.4. The Morgan fingerprint density at radius 3 is 1.40 bits per heavy atom. The van der Waals surface area contributed by atoms with Crippen LogP contribution in [0.3, 0.4) is 0 Å². The summed E-state index contributed by atoms with van der Waals surface area (Å²) in [6.45, 7) is 18.6. The second kappa shape index (κ2) is 16.5. The molecule has 0 aromatic heterocycles. The van der Waals surface area contributed by atoms with Crippen molar-refractivity contribution in [3.63, 3.8) is 0 Å². The molecule has 0 fully saturated rings. The van der Waals surface area contributed by atoms with Gasteiger partial charge in [0.05, 0.1) is 0 Å². The van der Waals surface area contributed by atoms with E-state index >= 15 is 0 Å². The molecule has 2 unspecified atom stereocenters. The Balaban J connectivity index is 2.27. The van der Waals surface area contributed by atoms with Crippen LogP contribution in [0.2, 0.25) is 0 Å². The van der Waals surface area contributed by atoms with E-state index in [9.17, 15) is 5.11 Å². The maximum absolute atomic E-state index is 11.8. The van der Waals surface area contributed by atoms with Crippen molar-refractivity contribution in [1.29, 1.82) is 0 Å². The first-order valence-electron chi connectivity index (χ1n) is 17.8. The molecule has 0 aliphatic rings. The summed E-state index contributed by atoms with van der Waals surface area (Å²) in [5, 5.41) is 11.8. The van der Waals surface area contributed by atoms with Crippen molar-refractivity contribution in [3.05, 3.63) is 99.1 Å². The van der Waals surface area contributed by atoms with E-state index in [0.29, 0.717) is 5.75 Å². The zero-order valence-corrected chi connectivity index (χ0v) is 29.0. The molecule has 0 bridgehead atoms. The fraction of sp³-hybridized carbons (Fsp3) is 0.571. The van der Waals surface area contributed by atoms with Gasteiger partial charge < -0.3 is 5.11 Å². The molecular formula is C42H62O. The molecule has 1 nitrogen and oxygen atoms in total. The number of benzene rings is 3. The fourth-order valence-electron chi connectivity index (χ4n) is 7.20. The molecule has 43 heavy (non-hydrogen) atoms. The normalized spacial score (nSPS) is 14.4. The van der Waals surface area contributed by atoms with Crippen LogP contribution in [0, 0.1) is 0 Å². The van der Waals surface area contributed by atoms with Crippen molar-refractivity contribution in [3.8, 4) is 5.75 Å². The van der Waals surface area contributed by atoms with E-state index in [1.165, 1.54) is 90.3 Å². The zero-order valence-electron chi connectivity index (χ0n) is 29.0. The number of phenolic OH excluding ortho intramolecular Hbond substituents is 1. The Morgan fingerprint density at radius 2 is 0.953 bits per heavy atom. The molecule has 1 heteroatoms. The van der Waals surface area contributed by atoms with E-state index in [4.69, 9.17) is 0 Å². The second-order valence-corrected chi connectivity index (χ2v) is 13.5. The Labute approximate surface area is 265 Å². The van der Waals surface area contributed by atoms with Gasteiger partial charge in [0.1, 0.15) is 5.75 Å². The molecule has 0 saturated carbocycles. The van der Waals surface area contributed by atoms with E-state index in [0.717, 1.165) is 44.1 Å². The van der Waals surface area contributed by atoms with Gasteiger partial charge in [-0.3, -0.25) is 0 Å². The summed E-state index contributed by atoms with van der Waals surface area (Å²) in [6.07, 6.45) is 16.1. The number of unbranched alkanes of at least 4 members (excludes halogenated alkanes) is 4. The van der Waals surface area contributed by atoms with Gasteiger partial charge in [-0.1, -0.05) is 130 Å². The average Bonchev–Trinajstić information content (AvgIpc) is 3.03. The predicted molar refractivity (Wildman–Crippen MR) is 189 cm³/mol. The summed E-state index contributed by atoms with van der Waals surface area (Å²) in [5.74, 6) is 0.438. The van der Waals surface area contributed by atoms with Crippen LogP contribution >= 0.6 is 0 Å². The smallest absolute Gasteiger partial charge is 0.119 e. The molecule has 0 amide bonds. The first-order chi connectivity index (χ1) is 20.7. The van der Waals surface area contributed by atoms with Crippen LogP contribution in [0.5, 0.6) is 5.75 Å². The number of hydrogen-bond acceptors (Lipinski definition) is 1. The van der Waals surface area contributed by atoms with Crippen molar-refractivity contribution < 1.29 is 5.11 Å². The second-order valence-electron chi connectivity index (χ2n) is 13.5. The minimum Gasteiger partial charge on any atom is -0.508 e. The molecule has 0 spiro atoms. The predicted octanol–water partition coefficient (Wildman–Crippen LogP) is 12.2. The van der Waals surface area contributed by atoms with E-state index in [1.807, 2.05) is 6.07 Å². The van der Waals surface area contributed by atoms with E-state index in [1.54, 1.807) is 0 Å². The van der Waals surface area contributed by atoms with Crippen molar-refractivity contribution in [2.24, 2.45) is 0 Å². The third kappa shape index (κ3) is 7.95. The molecular weight excluding hydrogens is 520 g/mol. The van der Waals surface area contributed by atoms with Crippen LogP contribution in [0.15, 0.2) is 54.6 Å². The van der Waals surface area contributed by atoms with E-state index < -0.39 is 0 Å². The van der Waals surface area contributed by atoms with Gasteiger partial charge >= 0.3 is 0 Å². The minimum absolute atomic E-state index is 0.207. The maximum Gasteiger partial charge on any atom is 0.119 e. The van der Waals surface area contributed by atoms with Crippen LogP contribution in [-0.4, -0.2) is 5.11 Å². The van der Waals surface area contributed by atoms with Crippen molar-refractivity contribution >= 4 is 0 Å². The van der Waals surface area contributed by atoms with Gasteiger partial charge in [0.25, 0.3) is 0 Å². The largest absolute Gasteiger partial charge is 0.508 e. The van der Waals surface area contributed by atoms with Crippen LogP contribution in [-0.2, 0) is 36.5 Å². The summed E-state index contributed by atoms with van der Waals surface area (Å²) < 4.78 is 0. The summed E-state index contributed by atoms with van der Waals surface area (Å²) in [6, 6.07) is 20.9. The molecule has 0 radical (unpaired) electrons. The number of hydrogen-bond donors (Lipinski definition) is 1. The Hall–Kier alpha value is -2.54. The Bertz CT molecular complexity index is 1290. The van der Waals surface area contributed by atoms with Gasteiger partial charge in [-0.2, -0.15) is 0 Å². The lowest BCUT2D eigenvalue weighted by atomic mass is 9.63. The minimum atomic E-state index is -0.298. The van der Waals surface area contributed by atoms with Crippen LogP contribution < -0.4 is 0 Å². The highest BCUT2D eigenvalue weighted by atomic mass is 16.3. The van der Waals surface area contributed by atoms with Crippen molar-refractivity contribution in [2.45, 2.75) is 156 Å². The first-order valence-corrected chi connectivity index (χ1v) is 17.8. The third-order valence-electron chi connectivity index (χ3n) is 10.4.